The Morgan fingerprint density at radius 3 is 2.72 bits per heavy atom. The van der Waals surface area contributed by atoms with Crippen LogP contribution in [0.25, 0.3) is 0 Å². The maximum absolute atomic E-state index is 14.4. The minimum atomic E-state index is -0.144. The molecule has 5 N–H and O–H groups in total. The number of pyridine rings is 1. The second-order valence-electron chi connectivity index (χ2n) is 8.51. The van der Waals surface area contributed by atoms with Crippen LogP contribution in [0.5, 0.6) is 0 Å². The van der Waals surface area contributed by atoms with Gasteiger partial charge in [-0.1, -0.05) is 18.2 Å². The van der Waals surface area contributed by atoms with Crippen LogP contribution in [0.1, 0.15) is 42.5 Å². The van der Waals surface area contributed by atoms with E-state index >= 15 is 0 Å². The molecule has 0 amide bonds. The fourth-order valence-electron chi connectivity index (χ4n) is 5.14. The van der Waals surface area contributed by atoms with Gasteiger partial charge in [-0.05, 0) is 37.3 Å². The van der Waals surface area contributed by atoms with Crippen molar-refractivity contribution in [2.45, 2.75) is 43.4 Å². The quantitative estimate of drug-likeness (QED) is 0.636. The van der Waals surface area contributed by atoms with Crippen LogP contribution in [-0.4, -0.2) is 36.7 Å². The molecule has 5 rings (SSSR count). The Balaban J connectivity index is 1.39. The predicted molar refractivity (Wildman–Crippen MR) is 112 cm³/mol. The number of piperidine rings is 2. The molecule has 2 aromatic rings. The number of hydrogen-bond donors (Lipinski definition) is 4. The molecule has 29 heavy (non-hydrogen) atoms. The highest BCUT2D eigenvalue weighted by Crippen LogP contribution is 2.41. The van der Waals surface area contributed by atoms with Crippen LogP contribution in [0.2, 0.25) is 0 Å². The zero-order valence-electron chi connectivity index (χ0n) is 16.5. The first-order valence-electron chi connectivity index (χ1n) is 10.6. The third-order valence-electron chi connectivity index (χ3n) is 6.79. The Hall–Kier alpha value is -2.06. The van der Waals surface area contributed by atoms with E-state index in [0.717, 1.165) is 44.5 Å². The Morgan fingerprint density at radius 1 is 1.07 bits per heavy atom. The fraction of sp³-hybridized carbons (Fsp3) is 0.500. The van der Waals surface area contributed by atoms with E-state index in [-0.39, 0.29) is 23.9 Å². The number of halogens is 1. The van der Waals surface area contributed by atoms with Gasteiger partial charge < -0.3 is 16.0 Å². The van der Waals surface area contributed by atoms with Crippen molar-refractivity contribution >= 4 is 5.69 Å². The molecule has 0 aliphatic carbocycles. The van der Waals surface area contributed by atoms with E-state index in [0.29, 0.717) is 12.0 Å². The van der Waals surface area contributed by atoms with Crippen molar-refractivity contribution in [3.8, 4) is 0 Å². The van der Waals surface area contributed by atoms with Gasteiger partial charge in [-0.25, -0.2) is 9.82 Å². The van der Waals surface area contributed by atoms with Crippen LogP contribution in [-0.2, 0) is 0 Å². The van der Waals surface area contributed by atoms with Gasteiger partial charge in [0.2, 0.25) is 0 Å². The summed E-state index contributed by atoms with van der Waals surface area (Å²) in [6.07, 6.45) is 6.84. The van der Waals surface area contributed by atoms with Gasteiger partial charge in [0.25, 0.3) is 0 Å². The molecular formula is C22H29FN6. The number of hydrazine groups is 1. The van der Waals surface area contributed by atoms with Crippen LogP contribution in [0.3, 0.4) is 0 Å². The van der Waals surface area contributed by atoms with Gasteiger partial charge >= 0.3 is 0 Å². The maximum Gasteiger partial charge on any atom is 0.128 e. The van der Waals surface area contributed by atoms with E-state index in [1.165, 1.54) is 11.3 Å². The molecule has 3 saturated heterocycles. The molecule has 3 aliphatic heterocycles. The standard InChI is InChI=1S/C22H29FN6/c23-18-4-2-1-3-15(18)22-16-11-19(26-13-20(16)27-28-22)17-12-25-8-5-21(17)29-9-6-14(24)7-10-29/h1-5,8,12,14,16,19-20,22,26-28H,6-7,9-11,13,24H2. The van der Waals surface area contributed by atoms with E-state index < -0.39 is 0 Å². The first-order valence-corrected chi connectivity index (χ1v) is 10.6. The fourth-order valence-corrected chi connectivity index (χ4v) is 5.14. The summed E-state index contributed by atoms with van der Waals surface area (Å²) in [7, 11) is 0. The van der Waals surface area contributed by atoms with E-state index in [4.69, 9.17) is 5.73 Å². The topological polar surface area (TPSA) is 78.2 Å². The third kappa shape index (κ3) is 3.64. The summed E-state index contributed by atoms with van der Waals surface area (Å²) in [5.41, 5.74) is 16.0. The van der Waals surface area contributed by atoms with Crippen molar-refractivity contribution in [3.63, 3.8) is 0 Å². The Bertz CT molecular complexity index is 853. The molecule has 6 nitrogen and oxygen atoms in total. The second-order valence-corrected chi connectivity index (χ2v) is 8.51. The van der Waals surface area contributed by atoms with Gasteiger partial charge in [-0.15, -0.1) is 0 Å². The molecule has 0 spiro atoms. The smallest absolute Gasteiger partial charge is 0.128 e. The second kappa shape index (κ2) is 7.99. The van der Waals surface area contributed by atoms with Crippen LogP contribution < -0.4 is 26.8 Å². The first kappa shape index (κ1) is 18.9. The van der Waals surface area contributed by atoms with Crippen molar-refractivity contribution in [1.82, 2.24) is 21.2 Å². The lowest BCUT2D eigenvalue weighted by Crippen LogP contribution is -2.47. The third-order valence-corrected chi connectivity index (χ3v) is 6.79. The Labute approximate surface area is 171 Å². The molecule has 154 valence electrons. The average molecular weight is 397 g/mol. The lowest BCUT2D eigenvalue weighted by atomic mass is 9.80. The van der Waals surface area contributed by atoms with E-state index in [1.54, 1.807) is 12.1 Å². The van der Waals surface area contributed by atoms with Crippen molar-refractivity contribution in [2.24, 2.45) is 11.7 Å². The summed E-state index contributed by atoms with van der Waals surface area (Å²) in [5.74, 6) is 0.162. The molecule has 0 radical (unpaired) electrons. The van der Waals surface area contributed by atoms with Crippen LogP contribution in [0, 0.1) is 11.7 Å². The molecule has 3 fully saturated rings. The number of nitrogens with two attached hydrogens (primary N) is 1. The molecule has 4 heterocycles. The van der Waals surface area contributed by atoms with Gasteiger partial charge in [0.05, 0.1) is 6.04 Å². The number of nitrogens with one attached hydrogen (secondary N) is 3. The highest BCUT2D eigenvalue weighted by Gasteiger charge is 2.42. The minimum Gasteiger partial charge on any atom is -0.371 e. The molecule has 7 heteroatoms. The van der Waals surface area contributed by atoms with Gasteiger partial charge in [0.15, 0.2) is 0 Å². The van der Waals surface area contributed by atoms with Crippen molar-refractivity contribution < 1.29 is 4.39 Å². The summed E-state index contributed by atoms with van der Waals surface area (Å²) in [5, 5.41) is 3.69. The largest absolute Gasteiger partial charge is 0.371 e. The zero-order chi connectivity index (χ0) is 19.8. The Kier molecular flexibility index (Phi) is 5.22. The SMILES string of the molecule is NC1CCN(c2ccncc2C2CC3C(CN2)NNC3c2ccccc2F)CC1. The predicted octanol–water partition coefficient (Wildman–Crippen LogP) is 2.02. The van der Waals surface area contributed by atoms with E-state index in [1.807, 2.05) is 24.5 Å². The number of nitrogens with zero attached hydrogens (tertiary/aromatic N) is 2. The summed E-state index contributed by atoms with van der Waals surface area (Å²) in [6, 6.07) is 9.97. The average Bonchev–Trinajstić information content (AvgIpc) is 3.18. The summed E-state index contributed by atoms with van der Waals surface area (Å²) in [4.78, 5) is 6.86. The molecule has 4 unspecified atom stereocenters. The first-order chi connectivity index (χ1) is 14.2. The number of benzene rings is 1. The summed E-state index contributed by atoms with van der Waals surface area (Å²) >= 11 is 0. The summed E-state index contributed by atoms with van der Waals surface area (Å²) < 4.78 is 14.4. The van der Waals surface area contributed by atoms with Crippen molar-refractivity contribution in [3.05, 3.63) is 59.7 Å². The van der Waals surface area contributed by atoms with Crippen molar-refractivity contribution in [2.75, 3.05) is 24.5 Å². The molecule has 4 atom stereocenters. The van der Waals surface area contributed by atoms with Crippen LogP contribution in [0.4, 0.5) is 10.1 Å². The molecular weight excluding hydrogens is 367 g/mol. The van der Waals surface area contributed by atoms with Gasteiger partial charge in [0.1, 0.15) is 5.82 Å². The monoisotopic (exact) mass is 396 g/mol. The van der Waals surface area contributed by atoms with Crippen LogP contribution >= 0.6 is 0 Å². The molecule has 3 aliphatic rings. The maximum atomic E-state index is 14.4. The highest BCUT2D eigenvalue weighted by molar-refractivity contribution is 5.54. The number of hydrogen-bond acceptors (Lipinski definition) is 6. The molecule has 0 saturated carbocycles. The molecule has 0 bridgehead atoms. The van der Waals surface area contributed by atoms with Gasteiger partial charge in [-0.3, -0.25) is 10.4 Å². The summed E-state index contributed by atoms with van der Waals surface area (Å²) in [6.45, 7) is 2.81. The number of aromatic nitrogens is 1. The van der Waals surface area contributed by atoms with E-state index in [2.05, 4.69) is 32.1 Å². The minimum absolute atomic E-state index is 0.0288. The zero-order valence-corrected chi connectivity index (χ0v) is 16.5. The number of fused-ring (bicyclic) bond motifs is 1. The number of anilines is 1. The van der Waals surface area contributed by atoms with Crippen LogP contribution in [0.15, 0.2) is 42.7 Å². The lowest BCUT2D eigenvalue weighted by Gasteiger charge is -2.38. The highest BCUT2D eigenvalue weighted by atomic mass is 19.1. The van der Waals surface area contributed by atoms with Gasteiger partial charge in [-0.2, -0.15) is 0 Å². The Morgan fingerprint density at radius 2 is 1.90 bits per heavy atom. The number of rotatable bonds is 3. The molecule has 1 aromatic carbocycles. The van der Waals surface area contributed by atoms with E-state index in [9.17, 15) is 4.39 Å². The van der Waals surface area contributed by atoms with Crippen molar-refractivity contribution in [1.29, 1.82) is 0 Å². The normalized spacial score (nSPS) is 30.3. The molecule has 1 aromatic heterocycles. The van der Waals surface area contributed by atoms with Gasteiger partial charge in [0, 0.05) is 67.0 Å². The lowest BCUT2D eigenvalue weighted by molar-refractivity contribution is 0.264.